The zero-order valence-corrected chi connectivity index (χ0v) is 17.3. The minimum Gasteiger partial charge on any atom is -0.372 e. The molecule has 1 fully saturated rings. The first-order chi connectivity index (χ1) is 13.9. The first-order valence-electron chi connectivity index (χ1n) is 10.0. The van der Waals surface area contributed by atoms with Gasteiger partial charge >= 0.3 is 0 Å². The van der Waals surface area contributed by atoms with E-state index in [-0.39, 0.29) is 24.0 Å². The van der Waals surface area contributed by atoms with Crippen molar-refractivity contribution in [2.24, 2.45) is 0 Å². The molecule has 0 aliphatic carbocycles. The average Bonchev–Trinajstić information content (AvgIpc) is 2.92. The summed E-state index contributed by atoms with van der Waals surface area (Å²) in [5, 5.41) is 0. The van der Waals surface area contributed by atoms with Gasteiger partial charge in [-0.25, -0.2) is 4.90 Å². The number of hydrogen-bond acceptors (Lipinski definition) is 4. The van der Waals surface area contributed by atoms with Gasteiger partial charge in [-0.3, -0.25) is 9.59 Å². The highest BCUT2D eigenvalue weighted by atomic mass is 16.5. The summed E-state index contributed by atoms with van der Waals surface area (Å²) in [6, 6.07) is 15.1. The molecule has 4 rings (SSSR count). The van der Waals surface area contributed by atoms with Gasteiger partial charge in [0.1, 0.15) is 5.70 Å². The zero-order valence-electron chi connectivity index (χ0n) is 17.3. The van der Waals surface area contributed by atoms with Gasteiger partial charge in [0, 0.05) is 13.1 Å². The van der Waals surface area contributed by atoms with Crippen LogP contribution in [-0.2, 0) is 14.3 Å². The second-order valence-corrected chi connectivity index (χ2v) is 7.99. The fourth-order valence-corrected chi connectivity index (χ4v) is 4.32. The highest BCUT2D eigenvalue weighted by molar-refractivity contribution is 6.45. The maximum atomic E-state index is 13.6. The molecule has 1 saturated heterocycles. The summed E-state index contributed by atoms with van der Waals surface area (Å²) in [7, 11) is 0. The van der Waals surface area contributed by atoms with Crippen molar-refractivity contribution in [2.75, 3.05) is 18.0 Å². The second kappa shape index (κ2) is 7.48. The molecule has 2 aromatic carbocycles. The molecule has 0 spiro atoms. The molecule has 150 valence electrons. The summed E-state index contributed by atoms with van der Waals surface area (Å²) in [6.45, 7) is 9.16. The van der Waals surface area contributed by atoms with Crippen molar-refractivity contribution in [3.8, 4) is 0 Å². The molecule has 0 N–H and O–H groups in total. The van der Waals surface area contributed by atoms with Crippen LogP contribution in [0.25, 0.3) is 5.57 Å². The number of amides is 2. The Bertz CT molecular complexity index is 986. The number of anilines is 1. The Morgan fingerprint density at radius 3 is 2.17 bits per heavy atom. The van der Waals surface area contributed by atoms with Gasteiger partial charge in [0.25, 0.3) is 11.8 Å². The van der Waals surface area contributed by atoms with Crippen LogP contribution >= 0.6 is 0 Å². The maximum absolute atomic E-state index is 13.6. The molecular weight excluding hydrogens is 364 g/mol. The highest BCUT2D eigenvalue weighted by Crippen LogP contribution is 2.37. The van der Waals surface area contributed by atoms with E-state index in [0.717, 1.165) is 16.7 Å². The van der Waals surface area contributed by atoms with E-state index in [9.17, 15) is 9.59 Å². The van der Waals surface area contributed by atoms with Crippen molar-refractivity contribution in [2.45, 2.75) is 39.9 Å². The number of carbonyl (C=O) groups excluding carboxylic acids is 2. The van der Waals surface area contributed by atoms with Crippen LogP contribution in [0.2, 0.25) is 0 Å². The minimum absolute atomic E-state index is 0.0136. The lowest BCUT2D eigenvalue weighted by atomic mass is 9.97. The fraction of sp³-hybridized carbons (Fsp3) is 0.333. The van der Waals surface area contributed by atoms with E-state index in [1.807, 2.05) is 69.0 Å². The Labute approximate surface area is 171 Å². The van der Waals surface area contributed by atoms with Crippen LogP contribution in [0.5, 0.6) is 0 Å². The molecule has 2 atom stereocenters. The molecule has 2 aliphatic heterocycles. The monoisotopic (exact) mass is 390 g/mol. The summed E-state index contributed by atoms with van der Waals surface area (Å²) >= 11 is 0. The summed E-state index contributed by atoms with van der Waals surface area (Å²) < 4.78 is 5.86. The number of hydrogen-bond donors (Lipinski definition) is 0. The Morgan fingerprint density at radius 2 is 1.55 bits per heavy atom. The van der Waals surface area contributed by atoms with Gasteiger partial charge in [-0.2, -0.15) is 0 Å². The Hall–Kier alpha value is -2.92. The molecule has 0 bridgehead atoms. The number of imide groups is 1. The lowest BCUT2D eigenvalue weighted by molar-refractivity contribution is -0.121. The molecule has 2 unspecified atom stereocenters. The Kier molecular flexibility index (Phi) is 5.01. The van der Waals surface area contributed by atoms with Crippen molar-refractivity contribution in [3.63, 3.8) is 0 Å². The van der Waals surface area contributed by atoms with E-state index in [0.29, 0.717) is 30.0 Å². The van der Waals surface area contributed by atoms with Crippen LogP contribution in [0.1, 0.15) is 30.5 Å². The number of nitrogens with zero attached hydrogens (tertiary/aromatic N) is 2. The van der Waals surface area contributed by atoms with E-state index < -0.39 is 0 Å². The van der Waals surface area contributed by atoms with Gasteiger partial charge in [-0.05, 0) is 51.0 Å². The SMILES string of the molecule is Cc1ccc(C2=C(N3CC(C)OC(C)C3)C(=O)N(c3ccccc3)C2=O)c(C)c1. The number of carbonyl (C=O) groups is 2. The molecule has 5 nitrogen and oxygen atoms in total. The number of aryl methyl sites for hydroxylation is 2. The molecule has 0 radical (unpaired) electrons. The van der Waals surface area contributed by atoms with Gasteiger partial charge in [-0.15, -0.1) is 0 Å². The zero-order chi connectivity index (χ0) is 20.7. The number of morpholine rings is 1. The highest BCUT2D eigenvalue weighted by Gasteiger charge is 2.44. The molecular formula is C24H26N2O3. The van der Waals surface area contributed by atoms with E-state index in [1.54, 1.807) is 12.1 Å². The van der Waals surface area contributed by atoms with Gasteiger partial charge in [0.2, 0.25) is 0 Å². The minimum atomic E-state index is -0.269. The predicted molar refractivity (Wildman–Crippen MR) is 113 cm³/mol. The molecule has 0 saturated carbocycles. The molecule has 2 heterocycles. The van der Waals surface area contributed by atoms with Crippen LogP contribution in [0.15, 0.2) is 54.2 Å². The number of para-hydroxylation sites is 1. The van der Waals surface area contributed by atoms with Gasteiger partial charge < -0.3 is 9.64 Å². The molecule has 2 amide bonds. The predicted octanol–water partition coefficient (Wildman–Crippen LogP) is 3.70. The number of rotatable bonds is 3. The van der Waals surface area contributed by atoms with E-state index >= 15 is 0 Å². The average molecular weight is 390 g/mol. The fourth-order valence-electron chi connectivity index (χ4n) is 4.32. The van der Waals surface area contributed by atoms with Crippen molar-refractivity contribution in [1.82, 2.24) is 4.90 Å². The molecule has 0 aromatic heterocycles. The third kappa shape index (κ3) is 3.47. The topological polar surface area (TPSA) is 49.9 Å². The lowest BCUT2D eigenvalue weighted by Gasteiger charge is -2.37. The third-order valence-corrected chi connectivity index (χ3v) is 5.46. The van der Waals surface area contributed by atoms with E-state index in [4.69, 9.17) is 4.74 Å². The smallest absolute Gasteiger partial charge is 0.282 e. The van der Waals surface area contributed by atoms with Gasteiger partial charge in [-0.1, -0.05) is 42.0 Å². The first kappa shape index (κ1) is 19.4. The largest absolute Gasteiger partial charge is 0.372 e. The van der Waals surface area contributed by atoms with Crippen molar-refractivity contribution >= 4 is 23.1 Å². The summed E-state index contributed by atoms with van der Waals surface area (Å²) in [5.41, 5.74) is 4.48. The molecule has 2 aromatic rings. The van der Waals surface area contributed by atoms with E-state index in [2.05, 4.69) is 0 Å². The first-order valence-corrected chi connectivity index (χ1v) is 10.0. The maximum Gasteiger partial charge on any atom is 0.282 e. The number of ether oxygens (including phenoxy) is 1. The van der Waals surface area contributed by atoms with Crippen LogP contribution < -0.4 is 4.90 Å². The summed E-state index contributed by atoms with van der Waals surface area (Å²) in [5.74, 6) is -0.535. The second-order valence-electron chi connectivity index (χ2n) is 7.99. The van der Waals surface area contributed by atoms with Gasteiger partial charge in [0.15, 0.2) is 0 Å². The Morgan fingerprint density at radius 1 is 0.897 bits per heavy atom. The molecule has 2 aliphatic rings. The quantitative estimate of drug-likeness (QED) is 0.750. The van der Waals surface area contributed by atoms with Crippen LogP contribution in [0, 0.1) is 13.8 Å². The Balaban J connectivity index is 1.87. The molecule has 5 heteroatoms. The van der Waals surface area contributed by atoms with Crippen LogP contribution in [0.3, 0.4) is 0 Å². The third-order valence-electron chi connectivity index (χ3n) is 5.46. The van der Waals surface area contributed by atoms with Crippen LogP contribution in [0.4, 0.5) is 5.69 Å². The summed E-state index contributed by atoms with van der Waals surface area (Å²) in [6.07, 6.45) is -0.0272. The van der Waals surface area contributed by atoms with Crippen molar-refractivity contribution < 1.29 is 14.3 Å². The molecule has 29 heavy (non-hydrogen) atoms. The van der Waals surface area contributed by atoms with Crippen molar-refractivity contribution in [1.29, 1.82) is 0 Å². The number of benzene rings is 2. The standard InChI is InChI=1S/C24H26N2O3/c1-15-10-11-20(16(2)12-15)21-22(25-13-17(3)29-18(4)14-25)24(28)26(23(21)27)19-8-6-5-7-9-19/h5-12,17-18H,13-14H2,1-4H3. The van der Waals surface area contributed by atoms with Crippen LogP contribution in [-0.4, -0.2) is 42.0 Å². The van der Waals surface area contributed by atoms with Crippen molar-refractivity contribution in [3.05, 3.63) is 70.9 Å². The lowest BCUT2D eigenvalue weighted by Crippen LogP contribution is -2.47. The normalized spacial score (nSPS) is 22.6. The summed E-state index contributed by atoms with van der Waals surface area (Å²) in [4.78, 5) is 30.4. The van der Waals surface area contributed by atoms with Gasteiger partial charge in [0.05, 0.1) is 23.5 Å². The van der Waals surface area contributed by atoms with E-state index in [1.165, 1.54) is 4.90 Å².